The van der Waals surface area contributed by atoms with Gasteiger partial charge in [0, 0.05) is 54.5 Å². The van der Waals surface area contributed by atoms with Crippen LogP contribution >= 0.6 is 0 Å². The number of hydrogen-bond donors (Lipinski definition) is 0. The molecule has 13 aromatic rings. The molecule has 4 aromatic heterocycles. The number of aromatic nitrogens is 4. The molecule has 0 N–H and O–H groups in total. The second-order valence-electron chi connectivity index (χ2n) is 15.3. The summed E-state index contributed by atoms with van der Waals surface area (Å²) in [4.78, 5) is 10.4. The fraction of sp³-hybridized carbons (Fsp3) is 0. The van der Waals surface area contributed by atoms with E-state index in [0.29, 0.717) is 5.82 Å². The summed E-state index contributed by atoms with van der Waals surface area (Å²) >= 11 is 0. The molecule has 5 heteroatoms. The van der Waals surface area contributed by atoms with Crippen molar-refractivity contribution in [2.45, 2.75) is 0 Å². The monoisotopic (exact) mass is 752 g/mol. The molecule has 0 saturated carbocycles. The number of para-hydroxylation sites is 3. The predicted molar refractivity (Wildman–Crippen MR) is 244 cm³/mol. The first-order valence-corrected chi connectivity index (χ1v) is 20.0. The minimum atomic E-state index is 0.680. The summed E-state index contributed by atoms with van der Waals surface area (Å²) in [5, 5.41) is 10.2. The first-order valence-electron chi connectivity index (χ1n) is 20.0. The van der Waals surface area contributed by atoms with Gasteiger partial charge in [-0.3, -0.25) is 0 Å². The van der Waals surface area contributed by atoms with E-state index in [1.807, 2.05) is 18.2 Å². The highest BCUT2D eigenvalue weighted by molar-refractivity contribution is 6.29. The van der Waals surface area contributed by atoms with Gasteiger partial charge in [0.25, 0.3) is 0 Å². The molecule has 0 aliphatic heterocycles. The van der Waals surface area contributed by atoms with Crippen LogP contribution in [0.25, 0.3) is 121 Å². The minimum absolute atomic E-state index is 0.680. The van der Waals surface area contributed by atoms with Crippen molar-refractivity contribution in [3.8, 4) is 34.0 Å². The van der Waals surface area contributed by atoms with Crippen molar-refractivity contribution in [2.75, 3.05) is 0 Å². The quantitative estimate of drug-likeness (QED) is 0.180. The summed E-state index contributed by atoms with van der Waals surface area (Å²) in [6.45, 7) is 0. The Kier molecular flexibility index (Phi) is 6.66. The molecule has 0 amide bonds. The van der Waals surface area contributed by atoms with E-state index in [0.717, 1.165) is 93.9 Å². The lowest BCUT2D eigenvalue weighted by atomic mass is 10.1. The van der Waals surface area contributed by atoms with E-state index >= 15 is 0 Å². The van der Waals surface area contributed by atoms with E-state index in [1.165, 1.54) is 21.5 Å². The Bertz CT molecular complexity index is 3850. The maximum atomic E-state index is 6.82. The Morgan fingerprint density at radius 2 is 1.08 bits per heavy atom. The molecule has 5 nitrogen and oxygen atoms in total. The normalized spacial score (nSPS) is 12.1. The third-order valence-corrected chi connectivity index (χ3v) is 12.1. The summed E-state index contributed by atoms with van der Waals surface area (Å²) < 4.78 is 11.7. The average Bonchev–Trinajstić information content (AvgIpc) is 3.96. The van der Waals surface area contributed by atoms with Crippen LogP contribution in [0, 0.1) is 0 Å². The van der Waals surface area contributed by atoms with E-state index in [9.17, 15) is 0 Å². The van der Waals surface area contributed by atoms with E-state index in [2.05, 4.69) is 185 Å². The van der Waals surface area contributed by atoms with Crippen LogP contribution in [-0.4, -0.2) is 19.1 Å². The zero-order valence-corrected chi connectivity index (χ0v) is 31.7. The Morgan fingerprint density at radius 1 is 0.407 bits per heavy atom. The zero-order valence-electron chi connectivity index (χ0n) is 31.7. The van der Waals surface area contributed by atoms with Crippen LogP contribution < -0.4 is 0 Å². The molecule has 274 valence electrons. The number of benzene rings is 9. The van der Waals surface area contributed by atoms with Crippen LogP contribution in [0.1, 0.15) is 0 Å². The molecule has 0 bridgehead atoms. The summed E-state index contributed by atoms with van der Waals surface area (Å²) in [5.74, 6) is 0.680. The Labute approximate surface area is 337 Å². The van der Waals surface area contributed by atoms with Gasteiger partial charge in [-0.1, -0.05) is 146 Å². The van der Waals surface area contributed by atoms with Crippen molar-refractivity contribution in [2.24, 2.45) is 0 Å². The second kappa shape index (κ2) is 12.2. The lowest BCUT2D eigenvalue weighted by molar-refractivity contribution is 0.673. The van der Waals surface area contributed by atoms with E-state index < -0.39 is 0 Å². The van der Waals surface area contributed by atoms with Crippen LogP contribution in [0.2, 0.25) is 0 Å². The van der Waals surface area contributed by atoms with Gasteiger partial charge in [-0.05, 0) is 53.9 Å². The van der Waals surface area contributed by atoms with Gasteiger partial charge in [0.1, 0.15) is 11.2 Å². The smallest absolute Gasteiger partial charge is 0.160 e. The zero-order chi connectivity index (χ0) is 38.6. The fourth-order valence-corrected chi connectivity index (χ4v) is 9.54. The maximum Gasteiger partial charge on any atom is 0.160 e. The van der Waals surface area contributed by atoms with Crippen LogP contribution in [0.15, 0.2) is 199 Å². The molecule has 4 heterocycles. The molecule has 0 radical (unpaired) electrons. The standard InChI is InChI=1S/C54H32N4O/c1-2-15-34(16-3-1)50-42-23-6-9-24-44(42)55-54(56-50)35-18-12-19-36(32-35)57-47-31-30-41-39-22-8-11-27-48(39)59-53(41)49(47)43-29-28-40-38-21-7-10-25-46(38)58(51(40)52(43)57)45-26-13-17-33-14-4-5-20-37(33)45/h1-32H. The molecule has 0 saturated heterocycles. The molecule has 0 aliphatic carbocycles. The third-order valence-electron chi connectivity index (χ3n) is 12.1. The SMILES string of the molecule is c1ccc(-c2nc(-c3cccc(-n4c5ccc6c7ccccc7oc6c5c5ccc6c7ccccc7n(-c7cccc8ccccc78)c6c54)c3)nc3ccccc23)cc1. The molecule has 0 spiro atoms. The number of hydrogen-bond acceptors (Lipinski definition) is 3. The van der Waals surface area contributed by atoms with Crippen molar-refractivity contribution in [3.63, 3.8) is 0 Å². The van der Waals surface area contributed by atoms with E-state index in [1.54, 1.807) is 0 Å². The Morgan fingerprint density at radius 3 is 2.00 bits per heavy atom. The number of rotatable bonds is 4. The van der Waals surface area contributed by atoms with Crippen molar-refractivity contribution >= 4 is 87.2 Å². The van der Waals surface area contributed by atoms with Crippen molar-refractivity contribution < 1.29 is 4.42 Å². The molecule has 0 aliphatic rings. The number of furan rings is 1. The molecular weight excluding hydrogens is 721 g/mol. The first-order chi connectivity index (χ1) is 29.3. The average molecular weight is 753 g/mol. The Balaban J connectivity index is 1.18. The van der Waals surface area contributed by atoms with Gasteiger partial charge in [0.05, 0.1) is 44.4 Å². The molecule has 13 rings (SSSR count). The van der Waals surface area contributed by atoms with Crippen molar-refractivity contribution in [3.05, 3.63) is 194 Å². The number of fused-ring (bicyclic) bond motifs is 13. The Hall–Kier alpha value is -8.02. The molecule has 0 atom stereocenters. The molecule has 0 fully saturated rings. The molecule has 9 aromatic carbocycles. The van der Waals surface area contributed by atoms with Crippen LogP contribution in [0.5, 0.6) is 0 Å². The van der Waals surface area contributed by atoms with Gasteiger partial charge in [-0.25, -0.2) is 9.97 Å². The van der Waals surface area contributed by atoms with Gasteiger partial charge < -0.3 is 13.6 Å². The maximum absolute atomic E-state index is 6.82. The highest BCUT2D eigenvalue weighted by Crippen LogP contribution is 2.46. The van der Waals surface area contributed by atoms with E-state index in [4.69, 9.17) is 14.4 Å². The van der Waals surface area contributed by atoms with Gasteiger partial charge in [-0.2, -0.15) is 0 Å². The number of nitrogens with zero attached hydrogens (tertiary/aromatic N) is 4. The highest BCUT2D eigenvalue weighted by Gasteiger charge is 2.25. The third kappa shape index (κ3) is 4.61. The summed E-state index contributed by atoms with van der Waals surface area (Å²) in [7, 11) is 0. The van der Waals surface area contributed by atoms with Crippen molar-refractivity contribution in [1.29, 1.82) is 0 Å². The molecule has 59 heavy (non-hydrogen) atoms. The molecule has 0 unspecified atom stereocenters. The predicted octanol–water partition coefficient (Wildman–Crippen LogP) is 14.2. The van der Waals surface area contributed by atoms with Gasteiger partial charge >= 0.3 is 0 Å². The van der Waals surface area contributed by atoms with E-state index in [-0.39, 0.29) is 0 Å². The molecular formula is C54H32N4O. The topological polar surface area (TPSA) is 48.8 Å². The van der Waals surface area contributed by atoms with Gasteiger partial charge in [0.2, 0.25) is 0 Å². The van der Waals surface area contributed by atoms with Crippen LogP contribution in [0.4, 0.5) is 0 Å². The van der Waals surface area contributed by atoms with Gasteiger partial charge in [-0.15, -0.1) is 0 Å². The fourth-order valence-electron chi connectivity index (χ4n) is 9.54. The summed E-state index contributed by atoms with van der Waals surface area (Å²) in [6, 6.07) is 68.9. The lowest BCUT2D eigenvalue weighted by Gasteiger charge is -2.15. The van der Waals surface area contributed by atoms with Crippen LogP contribution in [-0.2, 0) is 0 Å². The van der Waals surface area contributed by atoms with Crippen molar-refractivity contribution in [1.82, 2.24) is 19.1 Å². The highest BCUT2D eigenvalue weighted by atomic mass is 16.3. The van der Waals surface area contributed by atoms with Gasteiger partial charge in [0.15, 0.2) is 5.82 Å². The lowest BCUT2D eigenvalue weighted by Crippen LogP contribution is -2.00. The largest absolute Gasteiger partial charge is 0.455 e. The van der Waals surface area contributed by atoms with Crippen LogP contribution in [0.3, 0.4) is 0 Å². The first kappa shape index (κ1) is 32.1. The summed E-state index contributed by atoms with van der Waals surface area (Å²) in [5.41, 5.74) is 12.2. The summed E-state index contributed by atoms with van der Waals surface area (Å²) in [6.07, 6.45) is 0. The minimum Gasteiger partial charge on any atom is -0.455 e. The second-order valence-corrected chi connectivity index (χ2v) is 15.3.